The van der Waals surface area contributed by atoms with Crippen molar-refractivity contribution in [1.82, 2.24) is 10.6 Å². The normalized spacial score (nSPS) is 27.2. The van der Waals surface area contributed by atoms with E-state index in [1.165, 1.54) is 19.1 Å². The predicted octanol–water partition coefficient (Wildman–Crippen LogP) is 1.77. The molecule has 2 rings (SSSR count). The highest BCUT2D eigenvalue weighted by Gasteiger charge is 2.66. The van der Waals surface area contributed by atoms with Gasteiger partial charge in [0, 0.05) is 0 Å². The number of alkyl halides is 3. The molecule has 0 aliphatic carbocycles. The molecular formula is C14H14F4N2O3S. The summed E-state index contributed by atoms with van der Waals surface area (Å²) in [5, 5.41) is 13.9. The van der Waals surface area contributed by atoms with Crippen molar-refractivity contribution in [1.29, 1.82) is 0 Å². The molecule has 1 aromatic rings. The minimum absolute atomic E-state index is 0.140. The van der Waals surface area contributed by atoms with E-state index in [-0.39, 0.29) is 12.2 Å². The molecule has 3 atom stereocenters. The molecule has 1 aliphatic heterocycles. The molecule has 10 heteroatoms. The number of benzene rings is 1. The van der Waals surface area contributed by atoms with Crippen molar-refractivity contribution in [2.45, 2.75) is 24.9 Å². The first kappa shape index (κ1) is 18.4. The van der Waals surface area contributed by atoms with Gasteiger partial charge in [-0.3, -0.25) is 4.79 Å². The number of thiocarbonyl (C=S) groups is 1. The van der Waals surface area contributed by atoms with E-state index in [1.807, 2.05) is 0 Å². The Morgan fingerprint density at radius 3 is 2.46 bits per heavy atom. The van der Waals surface area contributed by atoms with Crippen LogP contribution in [0.25, 0.3) is 0 Å². The van der Waals surface area contributed by atoms with Crippen LogP contribution in [0.5, 0.6) is 0 Å². The molecular weight excluding hydrogens is 352 g/mol. The van der Waals surface area contributed by atoms with Crippen molar-refractivity contribution in [3.63, 3.8) is 0 Å². The molecule has 24 heavy (non-hydrogen) atoms. The Morgan fingerprint density at radius 2 is 1.96 bits per heavy atom. The Morgan fingerprint density at radius 1 is 1.38 bits per heavy atom. The second kappa shape index (κ2) is 6.52. The third kappa shape index (κ3) is 3.29. The Labute approximate surface area is 140 Å². The molecule has 0 bridgehead atoms. The standard InChI is InChI=1S/C14H14F4N2O3S/c1-2-23-11(21)9-10(7-3-5-8(15)6-4-7)19-12(24)20-13(9,22)14(16,17)18/h3-6,9-10,22H,2H2,1H3,(H2,19,20,24)/t9-,10+,13+/m0/s1. The Balaban J connectivity index is 2.55. The van der Waals surface area contributed by atoms with Gasteiger partial charge in [-0.15, -0.1) is 0 Å². The number of esters is 1. The molecule has 1 aliphatic rings. The SMILES string of the molecule is CCOC(=O)[C@@H]1[C@@H](c2ccc(F)cc2)NC(=S)N[C@]1(O)C(F)(F)F. The quantitative estimate of drug-likeness (QED) is 0.430. The number of ether oxygens (including phenoxy) is 1. The molecule has 0 aromatic heterocycles. The molecule has 1 heterocycles. The molecule has 1 fully saturated rings. The Hall–Kier alpha value is -1.94. The van der Waals surface area contributed by atoms with Crippen LogP contribution in [-0.4, -0.2) is 34.7 Å². The summed E-state index contributed by atoms with van der Waals surface area (Å²) in [4.78, 5) is 12.1. The van der Waals surface area contributed by atoms with E-state index in [2.05, 4.69) is 10.1 Å². The van der Waals surface area contributed by atoms with Gasteiger partial charge in [0.1, 0.15) is 11.7 Å². The van der Waals surface area contributed by atoms with E-state index in [0.29, 0.717) is 0 Å². The summed E-state index contributed by atoms with van der Waals surface area (Å²) in [5.74, 6) is -3.96. The lowest BCUT2D eigenvalue weighted by atomic mass is 9.82. The Kier molecular flexibility index (Phi) is 5.00. The molecule has 0 saturated carbocycles. The lowest BCUT2D eigenvalue weighted by Gasteiger charge is -2.45. The van der Waals surface area contributed by atoms with Crippen molar-refractivity contribution in [3.8, 4) is 0 Å². The first-order valence-electron chi connectivity index (χ1n) is 6.90. The smallest absolute Gasteiger partial charge is 0.437 e. The maximum Gasteiger partial charge on any atom is 0.437 e. The molecule has 5 nitrogen and oxygen atoms in total. The molecule has 0 spiro atoms. The lowest BCUT2D eigenvalue weighted by molar-refractivity contribution is -0.292. The van der Waals surface area contributed by atoms with Crippen LogP contribution in [0.2, 0.25) is 0 Å². The minimum atomic E-state index is -5.21. The van der Waals surface area contributed by atoms with Crippen molar-refractivity contribution >= 4 is 23.3 Å². The number of aliphatic hydroxyl groups is 1. The van der Waals surface area contributed by atoms with Crippen LogP contribution in [0.4, 0.5) is 17.6 Å². The number of nitrogens with one attached hydrogen (secondary N) is 2. The topological polar surface area (TPSA) is 70.6 Å². The van der Waals surface area contributed by atoms with Gasteiger partial charge >= 0.3 is 12.1 Å². The second-order valence-electron chi connectivity index (χ2n) is 5.12. The molecule has 132 valence electrons. The first-order valence-corrected chi connectivity index (χ1v) is 7.31. The maximum atomic E-state index is 13.4. The highest BCUT2D eigenvalue weighted by molar-refractivity contribution is 7.80. The monoisotopic (exact) mass is 366 g/mol. The summed E-state index contributed by atoms with van der Waals surface area (Å²) in [6.07, 6.45) is -5.21. The molecule has 1 saturated heterocycles. The zero-order valence-corrected chi connectivity index (χ0v) is 13.2. The van der Waals surface area contributed by atoms with Gasteiger partial charge in [-0.1, -0.05) is 12.1 Å². The van der Waals surface area contributed by atoms with Crippen LogP contribution in [0, 0.1) is 11.7 Å². The van der Waals surface area contributed by atoms with Crippen LogP contribution >= 0.6 is 12.2 Å². The number of hydrogen-bond acceptors (Lipinski definition) is 4. The van der Waals surface area contributed by atoms with Crippen LogP contribution < -0.4 is 10.6 Å². The van der Waals surface area contributed by atoms with Crippen molar-refractivity contribution < 1.29 is 32.2 Å². The first-order chi connectivity index (χ1) is 11.1. The fourth-order valence-electron chi connectivity index (χ4n) is 2.48. The number of hydrogen-bond donors (Lipinski definition) is 3. The summed E-state index contributed by atoms with van der Waals surface area (Å²) < 4.78 is 58.1. The van der Waals surface area contributed by atoms with Gasteiger partial charge in [-0.25, -0.2) is 4.39 Å². The van der Waals surface area contributed by atoms with Gasteiger partial charge in [-0.05, 0) is 36.8 Å². The zero-order chi connectivity index (χ0) is 18.1. The molecule has 0 unspecified atom stereocenters. The largest absolute Gasteiger partial charge is 0.466 e. The third-order valence-electron chi connectivity index (χ3n) is 3.58. The summed E-state index contributed by atoms with van der Waals surface area (Å²) in [6, 6.07) is 3.09. The third-order valence-corrected chi connectivity index (χ3v) is 3.80. The van der Waals surface area contributed by atoms with Crippen LogP contribution in [0.15, 0.2) is 24.3 Å². The number of carbonyl (C=O) groups excluding carboxylic acids is 1. The minimum Gasteiger partial charge on any atom is -0.466 e. The van der Waals surface area contributed by atoms with E-state index in [4.69, 9.17) is 12.2 Å². The van der Waals surface area contributed by atoms with Crippen molar-refractivity contribution in [2.75, 3.05) is 6.61 Å². The summed E-state index contributed by atoms with van der Waals surface area (Å²) in [7, 11) is 0. The van der Waals surface area contributed by atoms with Crippen LogP contribution in [0.1, 0.15) is 18.5 Å². The summed E-state index contributed by atoms with van der Waals surface area (Å²) >= 11 is 4.72. The fourth-order valence-corrected chi connectivity index (χ4v) is 2.77. The van der Waals surface area contributed by atoms with E-state index in [9.17, 15) is 27.5 Å². The highest BCUT2D eigenvalue weighted by Crippen LogP contribution is 2.43. The van der Waals surface area contributed by atoms with Crippen LogP contribution in [-0.2, 0) is 9.53 Å². The summed E-state index contributed by atoms with van der Waals surface area (Å²) in [6.45, 7) is 1.25. The number of halogens is 4. The molecule has 3 N–H and O–H groups in total. The van der Waals surface area contributed by atoms with E-state index in [1.54, 1.807) is 5.32 Å². The molecule has 0 amide bonds. The average Bonchev–Trinajstić information content (AvgIpc) is 2.46. The van der Waals surface area contributed by atoms with E-state index >= 15 is 0 Å². The predicted molar refractivity (Wildman–Crippen MR) is 79.1 cm³/mol. The second-order valence-corrected chi connectivity index (χ2v) is 5.53. The van der Waals surface area contributed by atoms with Crippen molar-refractivity contribution in [2.24, 2.45) is 5.92 Å². The maximum absolute atomic E-state index is 13.4. The zero-order valence-electron chi connectivity index (χ0n) is 12.4. The fraction of sp³-hybridized carbons (Fsp3) is 0.429. The number of carbonyl (C=O) groups is 1. The average molecular weight is 366 g/mol. The molecule has 0 radical (unpaired) electrons. The highest BCUT2D eigenvalue weighted by atomic mass is 32.1. The van der Waals surface area contributed by atoms with Gasteiger partial charge in [0.2, 0.25) is 0 Å². The van der Waals surface area contributed by atoms with Gasteiger partial charge < -0.3 is 20.5 Å². The van der Waals surface area contributed by atoms with Crippen molar-refractivity contribution in [3.05, 3.63) is 35.6 Å². The van der Waals surface area contributed by atoms with Gasteiger partial charge in [-0.2, -0.15) is 13.2 Å². The van der Waals surface area contributed by atoms with E-state index in [0.717, 1.165) is 12.1 Å². The van der Waals surface area contributed by atoms with Gasteiger partial charge in [0.15, 0.2) is 5.11 Å². The van der Waals surface area contributed by atoms with Crippen LogP contribution in [0.3, 0.4) is 0 Å². The van der Waals surface area contributed by atoms with Gasteiger partial charge in [0.05, 0.1) is 12.6 Å². The van der Waals surface area contributed by atoms with Gasteiger partial charge in [0.25, 0.3) is 5.72 Å². The van der Waals surface area contributed by atoms with E-state index < -0.39 is 40.8 Å². The number of rotatable bonds is 3. The molecule has 1 aromatic carbocycles. The Bertz CT molecular complexity index is 638. The lowest BCUT2D eigenvalue weighted by Crippen LogP contribution is -2.73. The summed E-state index contributed by atoms with van der Waals surface area (Å²) in [5.41, 5.74) is -3.48.